The monoisotopic (exact) mass is 347 g/mol. The van der Waals surface area contributed by atoms with Crippen molar-refractivity contribution in [2.75, 3.05) is 6.54 Å². The second-order valence-electron chi connectivity index (χ2n) is 5.34. The highest BCUT2D eigenvalue weighted by molar-refractivity contribution is 7.89. The lowest BCUT2D eigenvalue weighted by atomic mass is 9.93. The van der Waals surface area contributed by atoms with Gasteiger partial charge in [0.15, 0.2) is 0 Å². The maximum absolute atomic E-state index is 12.3. The number of rotatable bonds is 5. The van der Waals surface area contributed by atoms with Crippen molar-refractivity contribution in [2.45, 2.75) is 43.2 Å². The van der Waals surface area contributed by atoms with Crippen LogP contribution in [0, 0.1) is 0 Å². The summed E-state index contributed by atoms with van der Waals surface area (Å²) in [5, 5.41) is 11.2. The molecule has 1 unspecified atom stereocenters. The Kier molecular flexibility index (Phi) is 6.37. The Morgan fingerprint density at radius 3 is 2.45 bits per heavy atom. The maximum atomic E-state index is 12.3. The van der Waals surface area contributed by atoms with Crippen LogP contribution in [-0.2, 0) is 21.4 Å². The molecule has 0 spiro atoms. The number of halogens is 1. The van der Waals surface area contributed by atoms with Crippen LogP contribution in [0.15, 0.2) is 29.2 Å². The molecule has 124 valence electrons. The zero-order valence-corrected chi connectivity index (χ0v) is 14.1. The largest absolute Gasteiger partial charge is 0.350 e. The molecule has 0 radical (unpaired) electrons. The molecule has 1 atom stereocenters. The van der Waals surface area contributed by atoms with Gasteiger partial charge in [0.2, 0.25) is 15.9 Å². The highest BCUT2D eigenvalue weighted by Gasteiger charge is 2.38. The standard InChI is InChI=1S/C14H21N3O3S.ClH/c1-2-14(8-3-9-17-14)13(18)16-10-11-4-6-12(7-5-11)21(15,19)20;/h4-7,17H,2-3,8-10H2,1H3,(H,16,18)(H2,15,19,20);1H. The topological polar surface area (TPSA) is 101 Å². The minimum absolute atomic E-state index is 0. The van der Waals surface area contributed by atoms with E-state index in [9.17, 15) is 13.2 Å². The number of carbonyl (C=O) groups excluding carboxylic acids is 1. The number of carbonyl (C=O) groups is 1. The molecule has 1 aromatic rings. The molecule has 0 aromatic heterocycles. The third kappa shape index (κ3) is 4.19. The van der Waals surface area contributed by atoms with Crippen molar-refractivity contribution in [1.82, 2.24) is 10.6 Å². The fourth-order valence-corrected chi connectivity index (χ4v) is 3.13. The van der Waals surface area contributed by atoms with Gasteiger partial charge in [0.05, 0.1) is 10.4 Å². The average molecular weight is 348 g/mol. The Morgan fingerprint density at radius 2 is 2.00 bits per heavy atom. The Morgan fingerprint density at radius 1 is 1.36 bits per heavy atom. The van der Waals surface area contributed by atoms with Crippen LogP contribution >= 0.6 is 12.4 Å². The number of sulfonamides is 1. The van der Waals surface area contributed by atoms with Crippen molar-refractivity contribution in [3.05, 3.63) is 29.8 Å². The van der Waals surface area contributed by atoms with Crippen LogP contribution in [0.25, 0.3) is 0 Å². The summed E-state index contributed by atoms with van der Waals surface area (Å²) in [4.78, 5) is 12.4. The minimum Gasteiger partial charge on any atom is -0.350 e. The molecular formula is C14H22ClN3O3S. The number of benzene rings is 1. The first-order valence-electron chi connectivity index (χ1n) is 7.02. The molecular weight excluding hydrogens is 326 g/mol. The third-order valence-electron chi connectivity index (χ3n) is 3.99. The summed E-state index contributed by atoms with van der Waals surface area (Å²) in [7, 11) is -3.68. The molecule has 1 saturated heterocycles. The first kappa shape index (κ1) is 18.9. The first-order chi connectivity index (χ1) is 9.87. The van der Waals surface area contributed by atoms with Gasteiger partial charge in [0, 0.05) is 6.54 Å². The van der Waals surface area contributed by atoms with Crippen LogP contribution in [0.3, 0.4) is 0 Å². The van der Waals surface area contributed by atoms with Gasteiger partial charge in [0.25, 0.3) is 0 Å². The van der Waals surface area contributed by atoms with E-state index in [0.717, 1.165) is 31.4 Å². The molecule has 0 saturated carbocycles. The minimum atomic E-state index is -3.68. The summed E-state index contributed by atoms with van der Waals surface area (Å²) in [5.41, 5.74) is 0.376. The van der Waals surface area contributed by atoms with Gasteiger partial charge < -0.3 is 10.6 Å². The van der Waals surface area contributed by atoms with Gasteiger partial charge in [0.1, 0.15) is 0 Å². The van der Waals surface area contributed by atoms with E-state index in [1.165, 1.54) is 12.1 Å². The number of hydrogen-bond donors (Lipinski definition) is 3. The van der Waals surface area contributed by atoms with E-state index in [-0.39, 0.29) is 23.2 Å². The number of nitrogens with two attached hydrogens (primary N) is 1. The SMILES string of the molecule is CCC1(C(=O)NCc2ccc(S(N)(=O)=O)cc2)CCCN1.Cl. The van der Waals surface area contributed by atoms with Crippen LogP contribution < -0.4 is 15.8 Å². The van der Waals surface area contributed by atoms with Gasteiger partial charge in [-0.05, 0) is 43.5 Å². The molecule has 0 aliphatic carbocycles. The molecule has 1 heterocycles. The quantitative estimate of drug-likeness (QED) is 0.736. The lowest BCUT2D eigenvalue weighted by Gasteiger charge is -2.26. The number of primary sulfonamides is 1. The maximum Gasteiger partial charge on any atom is 0.240 e. The van der Waals surface area contributed by atoms with Crippen molar-refractivity contribution in [3.8, 4) is 0 Å². The van der Waals surface area contributed by atoms with Crippen LogP contribution in [0.1, 0.15) is 31.7 Å². The lowest BCUT2D eigenvalue weighted by molar-refractivity contribution is -0.127. The molecule has 6 nitrogen and oxygen atoms in total. The molecule has 4 N–H and O–H groups in total. The summed E-state index contributed by atoms with van der Waals surface area (Å²) in [5.74, 6) is -0.00183. The molecule has 2 rings (SSSR count). The van der Waals surface area contributed by atoms with Gasteiger partial charge in [-0.3, -0.25) is 4.79 Å². The van der Waals surface area contributed by atoms with E-state index in [4.69, 9.17) is 5.14 Å². The zero-order valence-electron chi connectivity index (χ0n) is 12.5. The lowest BCUT2D eigenvalue weighted by Crippen LogP contribution is -2.52. The highest BCUT2D eigenvalue weighted by atomic mass is 35.5. The van der Waals surface area contributed by atoms with Crippen LogP contribution in [-0.4, -0.2) is 26.4 Å². The summed E-state index contributed by atoms with van der Waals surface area (Å²) in [6.07, 6.45) is 2.60. The Bertz CT molecular complexity index is 611. The predicted molar refractivity (Wildman–Crippen MR) is 87.2 cm³/mol. The van der Waals surface area contributed by atoms with Gasteiger partial charge in [-0.1, -0.05) is 19.1 Å². The molecule has 1 amide bonds. The van der Waals surface area contributed by atoms with E-state index in [2.05, 4.69) is 10.6 Å². The van der Waals surface area contributed by atoms with Gasteiger partial charge in [-0.2, -0.15) is 0 Å². The van der Waals surface area contributed by atoms with Crippen molar-refractivity contribution in [2.24, 2.45) is 5.14 Å². The molecule has 1 aliphatic heterocycles. The fourth-order valence-electron chi connectivity index (χ4n) is 2.61. The van der Waals surface area contributed by atoms with Gasteiger partial charge in [-0.15, -0.1) is 12.4 Å². The smallest absolute Gasteiger partial charge is 0.240 e. The Balaban J connectivity index is 0.00000242. The molecule has 1 fully saturated rings. The first-order valence-corrected chi connectivity index (χ1v) is 8.57. The van der Waals surface area contributed by atoms with Crippen LogP contribution in [0.2, 0.25) is 0 Å². The molecule has 1 aromatic carbocycles. The van der Waals surface area contributed by atoms with Crippen molar-refractivity contribution in [1.29, 1.82) is 0 Å². The van der Waals surface area contributed by atoms with E-state index >= 15 is 0 Å². The number of nitrogens with one attached hydrogen (secondary N) is 2. The highest BCUT2D eigenvalue weighted by Crippen LogP contribution is 2.23. The van der Waals surface area contributed by atoms with E-state index in [0.29, 0.717) is 6.54 Å². The van der Waals surface area contributed by atoms with Crippen molar-refractivity contribution in [3.63, 3.8) is 0 Å². The zero-order chi connectivity index (χ0) is 15.5. The van der Waals surface area contributed by atoms with Crippen molar-refractivity contribution >= 4 is 28.3 Å². The van der Waals surface area contributed by atoms with Crippen LogP contribution in [0.5, 0.6) is 0 Å². The number of amides is 1. The summed E-state index contributed by atoms with van der Waals surface area (Å²) in [6, 6.07) is 6.20. The van der Waals surface area contributed by atoms with Gasteiger partial charge in [-0.25, -0.2) is 13.6 Å². The molecule has 1 aliphatic rings. The molecule has 22 heavy (non-hydrogen) atoms. The average Bonchev–Trinajstić information content (AvgIpc) is 2.94. The normalized spacial score (nSPS) is 21.2. The van der Waals surface area contributed by atoms with E-state index in [1.54, 1.807) is 12.1 Å². The predicted octanol–water partition coefficient (Wildman–Crippen LogP) is 0.904. The fraction of sp³-hybridized carbons (Fsp3) is 0.500. The third-order valence-corrected chi connectivity index (χ3v) is 4.92. The second-order valence-corrected chi connectivity index (χ2v) is 6.90. The Hall–Kier alpha value is -1.15. The Labute approximate surface area is 137 Å². The number of hydrogen-bond acceptors (Lipinski definition) is 4. The van der Waals surface area contributed by atoms with Crippen LogP contribution in [0.4, 0.5) is 0 Å². The van der Waals surface area contributed by atoms with E-state index in [1.807, 2.05) is 6.92 Å². The van der Waals surface area contributed by atoms with Crippen molar-refractivity contribution < 1.29 is 13.2 Å². The molecule has 0 bridgehead atoms. The van der Waals surface area contributed by atoms with Gasteiger partial charge >= 0.3 is 0 Å². The summed E-state index contributed by atoms with van der Waals surface area (Å²) in [6.45, 7) is 3.23. The summed E-state index contributed by atoms with van der Waals surface area (Å²) >= 11 is 0. The van der Waals surface area contributed by atoms with E-state index < -0.39 is 15.6 Å². The second kappa shape index (κ2) is 7.41. The summed E-state index contributed by atoms with van der Waals surface area (Å²) < 4.78 is 22.3. The molecule has 8 heteroatoms.